The predicted molar refractivity (Wildman–Crippen MR) is 124 cm³/mol. The highest BCUT2D eigenvalue weighted by atomic mass is 32.1. The van der Waals surface area contributed by atoms with Gasteiger partial charge >= 0.3 is 6.09 Å². The first-order chi connectivity index (χ1) is 15.5. The Balaban J connectivity index is 1.31. The number of ether oxygens (including phenoxy) is 1. The molecule has 4 N–H and O–H groups in total. The van der Waals surface area contributed by atoms with Crippen molar-refractivity contribution in [3.05, 3.63) is 46.6 Å². The Morgan fingerprint density at radius 1 is 1.41 bits per heavy atom. The number of anilines is 2. The van der Waals surface area contributed by atoms with E-state index in [1.54, 1.807) is 23.4 Å². The maximum atomic E-state index is 12.3. The molecule has 0 spiro atoms. The number of aromatic nitrogens is 1. The number of rotatable bonds is 5. The lowest BCUT2D eigenvalue weighted by atomic mass is 9.89. The van der Waals surface area contributed by atoms with Crippen LogP contribution in [-0.4, -0.2) is 52.8 Å². The predicted octanol–water partition coefficient (Wildman–Crippen LogP) is 3.08. The highest BCUT2D eigenvalue weighted by Crippen LogP contribution is 2.41. The minimum atomic E-state index is -0.463. The maximum Gasteiger partial charge on any atom is 0.409 e. The van der Waals surface area contributed by atoms with Gasteiger partial charge in [0.1, 0.15) is 5.00 Å². The molecule has 4 rings (SSSR count). The largest absolute Gasteiger partial charge is 0.449 e. The summed E-state index contributed by atoms with van der Waals surface area (Å²) in [5.41, 5.74) is 8.87. The molecule has 2 atom stereocenters. The summed E-state index contributed by atoms with van der Waals surface area (Å²) >= 11 is 1.49. The highest BCUT2D eigenvalue weighted by Gasteiger charge is 2.28. The van der Waals surface area contributed by atoms with Gasteiger partial charge in [0.15, 0.2) is 0 Å². The monoisotopic (exact) mass is 456 g/mol. The zero-order chi connectivity index (χ0) is 22.5. The van der Waals surface area contributed by atoms with Gasteiger partial charge in [0.2, 0.25) is 5.91 Å². The van der Waals surface area contributed by atoms with E-state index in [-0.39, 0.29) is 17.9 Å². The number of carbonyl (C=O) groups excluding carboxylic acids is 2. The number of hydrogen-bond donors (Lipinski definition) is 3. The molecule has 0 saturated carbocycles. The van der Waals surface area contributed by atoms with Crippen molar-refractivity contribution >= 4 is 40.1 Å². The summed E-state index contributed by atoms with van der Waals surface area (Å²) in [6.07, 6.45) is 9.68. The van der Waals surface area contributed by atoms with Crippen LogP contribution in [0.3, 0.4) is 0 Å². The van der Waals surface area contributed by atoms with Crippen molar-refractivity contribution in [1.82, 2.24) is 9.88 Å². The van der Waals surface area contributed by atoms with Crippen LogP contribution in [0.5, 0.6) is 0 Å². The lowest BCUT2D eigenvalue weighted by molar-refractivity contribution is -0.111. The van der Waals surface area contributed by atoms with Crippen molar-refractivity contribution in [2.45, 2.75) is 38.2 Å². The number of piperidine rings is 1. The van der Waals surface area contributed by atoms with Gasteiger partial charge in [-0.25, -0.2) is 4.79 Å². The molecule has 1 aliphatic heterocycles. The Bertz CT molecular complexity index is 991. The summed E-state index contributed by atoms with van der Waals surface area (Å²) < 4.78 is 5.53. The molecule has 0 aromatic carbocycles. The third-order valence-electron chi connectivity index (χ3n) is 5.85. The number of aliphatic hydroxyl groups is 1. The standard InChI is InChI=1S/C23H28N4O4S/c24-21-18-7-5-16(14-31-23(30)27-10-2-4-17(28)13-27)11-19(18)32-22(21)26-20(29)8-6-15-3-1-9-25-12-15/h1,3,6,8-9,12,16-17,28H,2,4-5,7,10-11,13-14,24H2,(H,26,29)/b8-6+. The Morgan fingerprint density at radius 2 is 2.28 bits per heavy atom. The van der Waals surface area contributed by atoms with E-state index in [1.165, 1.54) is 17.4 Å². The van der Waals surface area contributed by atoms with E-state index in [9.17, 15) is 14.7 Å². The van der Waals surface area contributed by atoms with E-state index in [1.807, 2.05) is 12.1 Å². The number of nitrogen functional groups attached to an aromatic ring is 1. The van der Waals surface area contributed by atoms with E-state index in [0.29, 0.717) is 30.4 Å². The van der Waals surface area contributed by atoms with Gasteiger partial charge in [0.25, 0.3) is 0 Å². The van der Waals surface area contributed by atoms with Gasteiger partial charge < -0.3 is 25.8 Å². The molecule has 2 aliphatic rings. The van der Waals surface area contributed by atoms with Crippen molar-refractivity contribution in [3.8, 4) is 0 Å². The van der Waals surface area contributed by atoms with Gasteiger partial charge in [0, 0.05) is 36.4 Å². The van der Waals surface area contributed by atoms with Crippen LogP contribution in [0.25, 0.3) is 6.08 Å². The number of nitrogens with zero attached hydrogens (tertiary/aromatic N) is 2. The molecular weight excluding hydrogens is 428 g/mol. The lowest BCUT2D eigenvalue weighted by Gasteiger charge is -2.30. The molecule has 2 amide bonds. The number of β-amino-alcohol motifs (C(OH)–C–C–N with tert-alkyl or cyclic N) is 1. The number of nitrogens with one attached hydrogen (secondary N) is 1. The topological polar surface area (TPSA) is 118 Å². The molecule has 3 heterocycles. The molecule has 2 unspecified atom stereocenters. The number of thiophene rings is 1. The maximum absolute atomic E-state index is 12.3. The third-order valence-corrected chi connectivity index (χ3v) is 7.04. The Labute approximate surface area is 191 Å². The van der Waals surface area contributed by atoms with Crippen molar-refractivity contribution in [1.29, 1.82) is 0 Å². The zero-order valence-electron chi connectivity index (χ0n) is 17.8. The van der Waals surface area contributed by atoms with Crippen LogP contribution in [0.15, 0.2) is 30.6 Å². The quantitative estimate of drug-likeness (QED) is 0.595. The lowest BCUT2D eigenvalue weighted by Crippen LogP contribution is -2.42. The second-order valence-corrected chi connectivity index (χ2v) is 9.39. The Morgan fingerprint density at radius 3 is 3.06 bits per heavy atom. The minimum absolute atomic E-state index is 0.216. The fourth-order valence-corrected chi connectivity index (χ4v) is 5.40. The SMILES string of the molecule is Nc1c(NC(=O)/C=C/c2cccnc2)sc2c1CCC(COC(=O)N1CCCC(O)C1)C2. The van der Waals surface area contributed by atoms with Crippen molar-refractivity contribution < 1.29 is 19.4 Å². The molecule has 2 aromatic heterocycles. The van der Waals surface area contributed by atoms with Crippen molar-refractivity contribution in [2.75, 3.05) is 30.7 Å². The molecule has 2 aromatic rings. The molecule has 170 valence electrons. The first-order valence-corrected chi connectivity index (χ1v) is 11.7. The number of amides is 2. The summed E-state index contributed by atoms with van der Waals surface area (Å²) in [5, 5.41) is 13.3. The summed E-state index contributed by atoms with van der Waals surface area (Å²) in [6, 6.07) is 3.68. The van der Waals surface area contributed by atoms with Crippen molar-refractivity contribution in [2.24, 2.45) is 5.92 Å². The Hall–Kier alpha value is -2.91. The summed E-state index contributed by atoms with van der Waals surface area (Å²) in [7, 11) is 0. The van der Waals surface area contributed by atoms with Gasteiger partial charge in [-0.15, -0.1) is 11.3 Å². The second-order valence-electron chi connectivity index (χ2n) is 8.28. The van der Waals surface area contributed by atoms with E-state index < -0.39 is 6.10 Å². The summed E-state index contributed by atoms with van der Waals surface area (Å²) in [5.74, 6) is -0.0263. The van der Waals surface area contributed by atoms with Crippen LogP contribution in [0.2, 0.25) is 0 Å². The number of pyridine rings is 1. The van der Waals surface area contributed by atoms with Gasteiger partial charge in [0.05, 0.1) is 18.4 Å². The summed E-state index contributed by atoms with van der Waals surface area (Å²) in [4.78, 5) is 31.3. The molecule has 1 saturated heterocycles. The summed E-state index contributed by atoms with van der Waals surface area (Å²) in [6.45, 7) is 1.32. The first-order valence-electron chi connectivity index (χ1n) is 10.9. The Kier molecular flexibility index (Phi) is 7.06. The molecule has 9 heteroatoms. The molecular formula is C23H28N4O4S. The second kappa shape index (κ2) is 10.1. The molecule has 1 aliphatic carbocycles. The molecule has 32 heavy (non-hydrogen) atoms. The minimum Gasteiger partial charge on any atom is -0.449 e. The fourth-order valence-electron chi connectivity index (χ4n) is 4.11. The van der Waals surface area contributed by atoms with Crippen LogP contribution in [0, 0.1) is 5.92 Å². The average Bonchev–Trinajstić information content (AvgIpc) is 3.11. The molecule has 1 fully saturated rings. The van der Waals surface area contributed by atoms with E-state index >= 15 is 0 Å². The van der Waals surface area contributed by atoms with Gasteiger partial charge in [-0.3, -0.25) is 9.78 Å². The first kappa shape index (κ1) is 22.3. The number of nitrogens with two attached hydrogens (primary N) is 1. The highest BCUT2D eigenvalue weighted by molar-refractivity contribution is 7.17. The van der Waals surface area contributed by atoms with Crippen LogP contribution in [0.4, 0.5) is 15.5 Å². The average molecular weight is 457 g/mol. The fraction of sp³-hybridized carbons (Fsp3) is 0.435. The molecule has 8 nitrogen and oxygen atoms in total. The third kappa shape index (κ3) is 5.46. The van der Waals surface area contributed by atoms with Crippen molar-refractivity contribution in [3.63, 3.8) is 0 Å². The molecule has 0 radical (unpaired) electrons. The number of hydrogen-bond acceptors (Lipinski definition) is 7. The van der Waals surface area contributed by atoms with Crippen LogP contribution >= 0.6 is 11.3 Å². The van der Waals surface area contributed by atoms with E-state index in [4.69, 9.17) is 10.5 Å². The van der Waals surface area contributed by atoms with Crippen LogP contribution in [0.1, 0.15) is 35.3 Å². The van der Waals surface area contributed by atoms with Gasteiger partial charge in [-0.2, -0.15) is 0 Å². The van der Waals surface area contributed by atoms with Gasteiger partial charge in [-0.1, -0.05) is 6.07 Å². The number of fused-ring (bicyclic) bond motifs is 1. The normalized spacial score (nSPS) is 20.7. The number of likely N-dealkylation sites (tertiary alicyclic amines) is 1. The molecule has 0 bridgehead atoms. The van der Waals surface area contributed by atoms with E-state index in [2.05, 4.69) is 10.3 Å². The van der Waals surface area contributed by atoms with Crippen LogP contribution < -0.4 is 11.1 Å². The van der Waals surface area contributed by atoms with Crippen LogP contribution in [-0.2, 0) is 22.4 Å². The van der Waals surface area contributed by atoms with Gasteiger partial charge in [-0.05, 0) is 61.3 Å². The smallest absolute Gasteiger partial charge is 0.409 e. The number of carbonyl (C=O) groups is 2. The zero-order valence-corrected chi connectivity index (χ0v) is 18.6. The number of aliphatic hydroxyl groups excluding tert-OH is 1. The van der Waals surface area contributed by atoms with E-state index in [0.717, 1.165) is 48.1 Å².